The summed E-state index contributed by atoms with van der Waals surface area (Å²) in [6.45, 7) is 8.98. The van der Waals surface area contributed by atoms with Crippen molar-refractivity contribution in [2.75, 3.05) is 0 Å². The minimum Gasteiger partial charge on any atom is -0.268 e. The van der Waals surface area contributed by atoms with Crippen LogP contribution in [0.4, 0.5) is 0 Å². The van der Waals surface area contributed by atoms with Gasteiger partial charge < -0.3 is 0 Å². The molecule has 0 atom stereocenters. The first-order valence-corrected chi connectivity index (χ1v) is 25.2. The number of fused-ring (bicyclic) bond motifs is 8. The Kier molecular flexibility index (Phi) is 13.1. The van der Waals surface area contributed by atoms with Gasteiger partial charge in [0.25, 0.3) is 11.1 Å². The van der Waals surface area contributed by atoms with E-state index in [0.717, 1.165) is 72.9 Å². The minimum atomic E-state index is -0.0267. The van der Waals surface area contributed by atoms with Crippen molar-refractivity contribution in [1.29, 1.82) is 0 Å². The number of hydrogen-bond donors (Lipinski definition) is 0. The molecule has 0 fully saturated rings. The quantitative estimate of drug-likeness (QED) is 0.0450. The molecule has 7 aromatic heterocycles. The number of nitrogens with zero attached hydrogens (tertiary/aromatic N) is 4. The summed E-state index contributed by atoms with van der Waals surface area (Å²) in [4.78, 5) is 44.2. The van der Waals surface area contributed by atoms with Crippen LogP contribution in [0, 0.1) is 0 Å². The summed E-state index contributed by atoms with van der Waals surface area (Å²) in [5.74, 6) is 0. The van der Waals surface area contributed by atoms with Crippen molar-refractivity contribution in [1.82, 2.24) is 18.8 Å². The van der Waals surface area contributed by atoms with Crippen LogP contribution >= 0.6 is 34.0 Å². The molecule has 0 bridgehead atoms. The fourth-order valence-corrected chi connectivity index (χ4v) is 13.5. The zero-order valence-corrected chi connectivity index (χ0v) is 37.4. The predicted octanol–water partition coefficient (Wildman–Crippen LogP) is 14.6. The number of aryl methyl sites for hydroxylation is 4. The van der Waals surface area contributed by atoms with Gasteiger partial charge in [-0.2, -0.15) is 0 Å². The molecule has 0 aliphatic heterocycles. The molecule has 0 unspecified atom stereocenters. The van der Waals surface area contributed by atoms with E-state index in [4.69, 9.17) is 9.97 Å². The third kappa shape index (κ3) is 7.63. The monoisotopic (exact) mass is 822 g/mol. The van der Waals surface area contributed by atoms with Gasteiger partial charge in [0.2, 0.25) is 0 Å². The van der Waals surface area contributed by atoms with Crippen molar-refractivity contribution in [2.24, 2.45) is 0 Å². The van der Waals surface area contributed by atoms with Crippen molar-refractivity contribution < 1.29 is 0 Å². The van der Waals surface area contributed by atoms with Gasteiger partial charge in [-0.15, -0.1) is 34.0 Å². The van der Waals surface area contributed by atoms with Crippen molar-refractivity contribution in [3.05, 3.63) is 53.7 Å². The third-order valence-corrected chi connectivity index (χ3v) is 16.3. The van der Waals surface area contributed by atoms with Gasteiger partial charge in [-0.3, -0.25) is 18.4 Å². The molecule has 1 aromatic carbocycles. The Morgan fingerprint density at radius 1 is 0.474 bits per heavy atom. The van der Waals surface area contributed by atoms with E-state index in [1.165, 1.54) is 161 Å². The largest absolute Gasteiger partial charge is 0.274 e. The molecule has 304 valence electrons. The highest BCUT2D eigenvalue weighted by Crippen LogP contribution is 2.44. The van der Waals surface area contributed by atoms with E-state index in [9.17, 15) is 9.59 Å². The van der Waals surface area contributed by atoms with Gasteiger partial charge in [0.1, 0.15) is 20.0 Å². The molecule has 7 heterocycles. The van der Waals surface area contributed by atoms with Gasteiger partial charge in [-0.1, -0.05) is 143 Å². The Hall–Kier alpha value is -3.14. The van der Waals surface area contributed by atoms with E-state index < -0.39 is 0 Å². The van der Waals surface area contributed by atoms with Gasteiger partial charge in [0.05, 0.1) is 15.7 Å². The van der Waals surface area contributed by atoms with Gasteiger partial charge in [-0.25, -0.2) is 9.97 Å². The second-order valence-electron chi connectivity index (χ2n) is 16.7. The lowest BCUT2D eigenvalue weighted by molar-refractivity contribution is 0.556. The molecular formula is C48H62N4O2S3. The van der Waals surface area contributed by atoms with Crippen LogP contribution in [-0.2, 0) is 25.7 Å². The maximum atomic E-state index is 14.7. The van der Waals surface area contributed by atoms with Gasteiger partial charge >= 0.3 is 0 Å². The van der Waals surface area contributed by atoms with Crippen LogP contribution in [0.2, 0.25) is 0 Å². The van der Waals surface area contributed by atoms with Crippen molar-refractivity contribution >= 4 is 96.9 Å². The lowest BCUT2D eigenvalue weighted by Gasteiger charge is -2.07. The average molecular weight is 823 g/mol. The molecule has 8 rings (SSSR count). The molecule has 0 saturated heterocycles. The normalized spacial score (nSPS) is 12.6. The van der Waals surface area contributed by atoms with Crippen LogP contribution in [0.15, 0.2) is 21.7 Å². The highest BCUT2D eigenvalue weighted by Gasteiger charge is 2.28. The first-order valence-electron chi connectivity index (χ1n) is 22.8. The molecular weight excluding hydrogens is 761 g/mol. The topological polar surface area (TPSA) is 68.7 Å². The molecule has 0 radical (unpaired) electrons. The Labute approximate surface area is 349 Å². The number of aromatic nitrogens is 4. The zero-order valence-electron chi connectivity index (χ0n) is 35.0. The van der Waals surface area contributed by atoms with Crippen LogP contribution in [0.1, 0.15) is 177 Å². The lowest BCUT2D eigenvalue weighted by atomic mass is 10.0. The first-order chi connectivity index (χ1) is 28.0. The molecule has 0 N–H and O–H groups in total. The Bertz CT molecular complexity index is 2710. The zero-order chi connectivity index (χ0) is 39.5. The van der Waals surface area contributed by atoms with Gasteiger partial charge in [0, 0.05) is 31.3 Å². The maximum Gasteiger partial charge on any atom is 0.274 e. The van der Waals surface area contributed by atoms with Gasteiger partial charge in [-0.05, 0) is 61.8 Å². The van der Waals surface area contributed by atoms with E-state index >= 15 is 0 Å². The van der Waals surface area contributed by atoms with E-state index in [1.807, 2.05) is 20.9 Å². The molecule has 9 heteroatoms. The Balaban J connectivity index is 1.07. The van der Waals surface area contributed by atoms with Crippen LogP contribution in [0.5, 0.6) is 0 Å². The summed E-state index contributed by atoms with van der Waals surface area (Å²) < 4.78 is 5.44. The van der Waals surface area contributed by atoms with E-state index in [2.05, 4.69) is 27.7 Å². The van der Waals surface area contributed by atoms with Crippen molar-refractivity contribution in [3.63, 3.8) is 0 Å². The number of rotatable bonds is 24. The first kappa shape index (κ1) is 40.6. The van der Waals surface area contributed by atoms with E-state index in [0.29, 0.717) is 15.7 Å². The van der Waals surface area contributed by atoms with Crippen LogP contribution in [-0.4, -0.2) is 18.8 Å². The fraction of sp³-hybridized carbons (Fsp3) is 0.583. The van der Waals surface area contributed by atoms with Crippen LogP contribution in [0.25, 0.3) is 62.9 Å². The minimum absolute atomic E-state index is 0.0151. The average Bonchev–Trinajstić information content (AvgIpc) is 4.02. The highest BCUT2D eigenvalue weighted by molar-refractivity contribution is 7.27. The molecule has 0 saturated carbocycles. The number of thiophene rings is 3. The SMILES string of the molecule is CCCCCCCCCCCCc1sc2nc3c4ccc5c(=O)n6c(nc7sc(CCCCCCCCCCCC)c(CC)c76)c6sc(c(=O)n3c2c1CC)c4c56. The second kappa shape index (κ2) is 18.4. The summed E-state index contributed by atoms with van der Waals surface area (Å²) in [6.07, 6.45) is 30.4. The predicted molar refractivity (Wildman–Crippen MR) is 250 cm³/mol. The summed E-state index contributed by atoms with van der Waals surface area (Å²) in [5.41, 5.74) is 5.91. The second-order valence-corrected chi connectivity index (χ2v) is 19.9. The highest BCUT2D eigenvalue weighted by atomic mass is 32.1. The van der Waals surface area contributed by atoms with Crippen LogP contribution < -0.4 is 11.1 Å². The number of benzene rings is 1. The molecule has 6 nitrogen and oxygen atoms in total. The van der Waals surface area contributed by atoms with Crippen LogP contribution in [0.3, 0.4) is 0 Å². The fourth-order valence-electron chi connectivity index (χ4n) is 9.67. The molecule has 0 aliphatic rings. The Morgan fingerprint density at radius 3 is 1.39 bits per heavy atom. The number of pyridine rings is 2. The molecule has 8 aromatic rings. The molecule has 0 amide bonds. The molecule has 0 spiro atoms. The van der Waals surface area contributed by atoms with E-state index in [-0.39, 0.29) is 11.1 Å². The Morgan fingerprint density at radius 2 is 0.895 bits per heavy atom. The molecule has 0 aliphatic carbocycles. The lowest BCUT2D eigenvalue weighted by Crippen LogP contribution is -2.14. The summed E-state index contributed by atoms with van der Waals surface area (Å²) >= 11 is 5.07. The third-order valence-electron chi connectivity index (χ3n) is 12.7. The number of imidazole rings is 2. The standard InChI is InChI=1S/C48H62N4O2S3/c1-5-9-11-13-15-17-19-21-23-25-27-35-31(7-3)39-45(55-35)49-43-33-29-30-34-38-37(33)42(48(54)51(39)43)57-41(38)44-50-46-40(52(44)47(34)53)32(8-4)36(56-46)28-26-24-22-20-18-16-14-12-10-6-2/h29-30H,5-28H2,1-4H3. The number of unbranched alkanes of at least 4 members (excludes halogenated alkanes) is 18. The number of hydrogen-bond acceptors (Lipinski definition) is 7. The summed E-state index contributed by atoms with van der Waals surface area (Å²) in [6, 6.07) is 4.03. The van der Waals surface area contributed by atoms with Crippen molar-refractivity contribution in [3.8, 4) is 0 Å². The van der Waals surface area contributed by atoms with E-state index in [1.54, 1.807) is 22.7 Å². The smallest absolute Gasteiger partial charge is 0.268 e. The molecule has 57 heavy (non-hydrogen) atoms. The summed E-state index contributed by atoms with van der Waals surface area (Å²) in [5, 5.41) is 3.39. The maximum absolute atomic E-state index is 14.7. The van der Waals surface area contributed by atoms with Gasteiger partial charge in [0.15, 0.2) is 5.65 Å². The summed E-state index contributed by atoms with van der Waals surface area (Å²) in [7, 11) is 0. The van der Waals surface area contributed by atoms with Crippen molar-refractivity contribution in [2.45, 2.75) is 182 Å².